The molecule has 0 spiro atoms. The van der Waals surface area contributed by atoms with Gasteiger partial charge in [0.2, 0.25) is 18.0 Å². The topological polar surface area (TPSA) is 230 Å². The van der Waals surface area contributed by atoms with Crippen LogP contribution in [-0.4, -0.2) is 114 Å². The molecule has 1 aromatic heterocycles. The molecule has 0 saturated carbocycles. The molecule has 258 valence electrons. The third-order valence-corrected chi connectivity index (χ3v) is 10.6. The van der Waals surface area contributed by atoms with Crippen LogP contribution >= 0.6 is 23.5 Å². The lowest BCUT2D eigenvalue weighted by Crippen LogP contribution is -2.85. The first kappa shape index (κ1) is 35.0. The highest BCUT2D eigenvalue weighted by Crippen LogP contribution is 2.46. The van der Waals surface area contributed by atoms with Crippen molar-refractivity contribution in [2.45, 2.75) is 28.9 Å². The first-order valence-electron chi connectivity index (χ1n) is 14.8. The summed E-state index contributed by atoms with van der Waals surface area (Å²) in [7, 11) is 1.85. The number of rotatable bonds is 11. The van der Waals surface area contributed by atoms with Gasteiger partial charge in [-0.05, 0) is 30.2 Å². The van der Waals surface area contributed by atoms with Crippen molar-refractivity contribution in [1.82, 2.24) is 30.7 Å². The number of thioether (sulfide) groups is 2. The van der Waals surface area contributed by atoms with E-state index in [0.717, 1.165) is 33.7 Å². The lowest BCUT2D eigenvalue weighted by molar-refractivity contribution is -0.671. The fraction of sp³-hybridized carbons (Fsp3) is 0.333. The number of aromatic hydroxyl groups is 2. The van der Waals surface area contributed by atoms with Crippen molar-refractivity contribution in [3.05, 3.63) is 59.6 Å². The Morgan fingerprint density at radius 1 is 1.10 bits per heavy atom. The molecule has 3 aliphatic heterocycles. The van der Waals surface area contributed by atoms with E-state index in [2.05, 4.69) is 16.0 Å². The van der Waals surface area contributed by atoms with Crippen molar-refractivity contribution >= 4 is 65.6 Å². The second kappa shape index (κ2) is 14.0. The van der Waals surface area contributed by atoms with Crippen LogP contribution in [0.1, 0.15) is 18.5 Å². The van der Waals surface area contributed by atoms with E-state index in [1.807, 2.05) is 36.1 Å². The maximum atomic E-state index is 14.0. The normalized spacial score (nSPS) is 21.1. The lowest BCUT2D eigenvalue weighted by Gasteiger charge is -2.56. The Morgan fingerprint density at radius 2 is 1.82 bits per heavy atom. The summed E-state index contributed by atoms with van der Waals surface area (Å²) in [5, 5.41) is 36.1. The van der Waals surface area contributed by atoms with E-state index < -0.39 is 64.2 Å². The Kier molecular flexibility index (Phi) is 10.0. The van der Waals surface area contributed by atoms with Gasteiger partial charge in [0.25, 0.3) is 5.91 Å². The van der Waals surface area contributed by atoms with Crippen LogP contribution in [0.25, 0.3) is 0 Å². The van der Waals surface area contributed by atoms with Crippen molar-refractivity contribution in [3.63, 3.8) is 0 Å². The summed E-state index contributed by atoms with van der Waals surface area (Å²) in [6.45, 7) is 1.76. The average molecular weight is 715 g/mol. The smallest absolute Gasteiger partial charge is 0.352 e. The van der Waals surface area contributed by atoms with E-state index in [1.165, 1.54) is 22.7 Å². The molecule has 2 aromatic rings. The molecule has 49 heavy (non-hydrogen) atoms. The fourth-order valence-electron chi connectivity index (χ4n) is 5.52. The van der Waals surface area contributed by atoms with E-state index in [9.17, 15) is 48.9 Å². The SMILES string of the molecule is CCN1CCN(C(=O)NC(C(=O)N[C@]2(NC=O)C(=O)N3C(C(=O)O)=C(CSc4cc[n+](C)cc4)CS[C@@H]32)c2ccc(O)c(O)c2)C(=O)C1=O. The molecule has 7 amide bonds. The molecule has 1 aromatic carbocycles. The number of hydrogen-bond donors (Lipinski definition) is 6. The Hall–Kier alpha value is -5.30. The number of phenols is 2. The average Bonchev–Trinajstić information content (AvgIpc) is 3.08. The maximum Gasteiger partial charge on any atom is 0.352 e. The molecule has 2 fully saturated rings. The van der Waals surface area contributed by atoms with Gasteiger partial charge in [-0.1, -0.05) is 6.07 Å². The zero-order valence-corrected chi connectivity index (χ0v) is 27.7. The van der Waals surface area contributed by atoms with Gasteiger partial charge < -0.3 is 36.2 Å². The number of carbonyl (C=O) groups excluding carboxylic acids is 6. The van der Waals surface area contributed by atoms with Crippen molar-refractivity contribution in [2.75, 3.05) is 31.1 Å². The Morgan fingerprint density at radius 3 is 2.45 bits per heavy atom. The molecule has 3 aliphatic rings. The number of pyridine rings is 1. The Bertz CT molecular complexity index is 1770. The summed E-state index contributed by atoms with van der Waals surface area (Å²) in [6, 6.07) is 4.02. The second-order valence-electron chi connectivity index (χ2n) is 11.1. The van der Waals surface area contributed by atoms with Crippen LogP contribution in [0.4, 0.5) is 4.79 Å². The number of β-lactam (4-membered cyclic amide) rings is 1. The highest BCUT2D eigenvalue weighted by molar-refractivity contribution is 8.01. The number of carboxylic acid groups (broad SMARTS) is 1. The summed E-state index contributed by atoms with van der Waals surface area (Å²) in [5.41, 5.74) is -2.10. The zero-order chi connectivity index (χ0) is 35.6. The number of nitrogens with zero attached hydrogens (tertiary/aromatic N) is 4. The minimum absolute atomic E-state index is 0.0466. The zero-order valence-electron chi connectivity index (χ0n) is 26.1. The molecule has 4 heterocycles. The molecule has 6 N–H and O–H groups in total. The van der Waals surface area contributed by atoms with Gasteiger partial charge in [-0.25, -0.2) is 14.2 Å². The number of hydrogen-bond acceptors (Lipinski definition) is 11. The van der Waals surface area contributed by atoms with Crippen LogP contribution < -0.4 is 20.5 Å². The van der Waals surface area contributed by atoms with Gasteiger partial charge in [0.1, 0.15) is 24.2 Å². The van der Waals surface area contributed by atoms with Gasteiger partial charge in [0.05, 0.1) is 0 Å². The summed E-state index contributed by atoms with van der Waals surface area (Å²) >= 11 is 2.47. The van der Waals surface area contributed by atoms with E-state index in [-0.39, 0.29) is 48.8 Å². The summed E-state index contributed by atoms with van der Waals surface area (Å²) < 4.78 is 1.84. The van der Waals surface area contributed by atoms with Crippen LogP contribution in [0.15, 0.2) is 58.9 Å². The number of piperazine rings is 1. The first-order chi connectivity index (χ1) is 23.3. The number of aliphatic carboxylic acids is 1. The molecule has 5 rings (SSSR count). The molecule has 17 nitrogen and oxygen atoms in total. The number of imide groups is 1. The van der Waals surface area contributed by atoms with Gasteiger partial charge in [0.15, 0.2) is 23.9 Å². The number of benzene rings is 1. The lowest BCUT2D eigenvalue weighted by atomic mass is 9.94. The largest absolute Gasteiger partial charge is 0.504 e. The van der Waals surface area contributed by atoms with Crippen LogP contribution in [-0.2, 0) is 35.8 Å². The summed E-state index contributed by atoms with van der Waals surface area (Å²) in [5.74, 6) is -6.34. The summed E-state index contributed by atoms with van der Waals surface area (Å²) in [4.78, 5) is 94.1. The molecule has 2 saturated heterocycles. The van der Waals surface area contributed by atoms with E-state index in [4.69, 9.17) is 0 Å². The quantitative estimate of drug-likeness (QED) is 0.0312. The number of carbonyl (C=O) groups is 7. The van der Waals surface area contributed by atoms with E-state index in [1.54, 1.807) is 6.92 Å². The van der Waals surface area contributed by atoms with Crippen molar-refractivity contribution in [3.8, 4) is 11.5 Å². The molecule has 3 atom stereocenters. The molecule has 19 heteroatoms. The van der Waals surface area contributed by atoms with Gasteiger partial charge >= 0.3 is 23.8 Å². The highest BCUT2D eigenvalue weighted by atomic mass is 32.2. The molecule has 0 bridgehead atoms. The fourth-order valence-corrected chi connectivity index (χ4v) is 7.97. The third-order valence-electron chi connectivity index (χ3n) is 8.12. The van der Waals surface area contributed by atoms with Crippen molar-refractivity contribution < 1.29 is 53.4 Å². The number of fused-ring (bicyclic) bond motifs is 1. The summed E-state index contributed by atoms with van der Waals surface area (Å²) in [6.07, 6.45) is 3.83. The molecule has 0 radical (unpaired) electrons. The predicted molar refractivity (Wildman–Crippen MR) is 171 cm³/mol. The minimum atomic E-state index is -2.16. The van der Waals surface area contributed by atoms with Gasteiger partial charge in [-0.15, -0.1) is 23.5 Å². The van der Waals surface area contributed by atoms with Gasteiger partial charge in [-0.3, -0.25) is 33.8 Å². The van der Waals surface area contributed by atoms with Crippen LogP contribution in [0.3, 0.4) is 0 Å². The Balaban J connectivity index is 1.42. The van der Waals surface area contributed by atoms with Gasteiger partial charge in [0, 0.05) is 48.2 Å². The van der Waals surface area contributed by atoms with Crippen LogP contribution in [0, 0.1) is 0 Å². The van der Waals surface area contributed by atoms with E-state index >= 15 is 0 Å². The second-order valence-corrected chi connectivity index (χ2v) is 13.2. The predicted octanol–water partition coefficient (Wildman–Crippen LogP) is -1.03. The molecular weight excluding hydrogens is 683 g/mol. The maximum absolute atomic E-state index is 14.0. The molecular formula is C30H32N7O10S2+. The number of urea groups is 1. The minimum Gasteiger partial charge on any atom is -0.504 e. The van der Waals surface area contributed by atoms with Crippen molar-refractivity contribution in [1.29, 1.82) is 0 Å². The van der Waals surface area contributed by atoms with Crippen LogP contribution in [0.2, 0.25) is 0 Å². The Labute approximate surface area is 287 Å². The number of amides is 7. The highest BCUT2D eigenvalue weighted by Gasteiger charge is 2.66. The van der Waals surface area contributed by atoms with Crippen LogP contribution in [0.5, 0.6) is 11.5 Å². The number of nitrogens with one attached hydrogen (secondary N) is 3. The monoisotopic (exact) mass is 714 g/mol. The third kappa shape index (κ3) is 6.58. The number of aromatic nitrogens is 1. The first-order valence-corrected chi connectivity index (χ1v) is 16.8. The molecule has 1 unspecified atom stereocenters. The number of aryl methyl sites for hydroxylation is 1. The van der Waals surface area contributed by atoms with Crippen molar-refractivity contribution in [2.24, 2.45) is 7.05 Å². The number of carboxylic acids is 1. The standard InChI is InChI=1S/C30H31N7O10S2/c1-3-35-10-11-36(25(43)24(35)42)29(47)32-21(16-4-5-19(39)20(40)12-16)23(41)33-30(31-15-38)27(46)37-22(26(44)45)17(14-49-28(30)37)13-48-18-6-8-34(2)9-7-18/h4-9,12,15,21,28H,3,10-11,13-14H2,1-2H3,(H5-,31,32,33,38,39,40,41,42,43,44,45,47)/p+1/t21?,28-,30-/m1/s1. The number of likely N-dealkylation sites (N-methyl/N-ethyl adjacent to an activating group) is 1. The molecule has 0 aliphatic carbocycles. The number of phenolic OH excluding ortho intramolecular Hbond substituents is 2. The van der Waals surface area contributed by atoms with E-state index in [0.29, 0.717) is 10.5 Å². The van der Waals surface area contributed by atoms with Gasteiger partial charge in [-0.2, -0.15) is 0 Å².